The topological polar surface area (TPSA) is 106 Å². The molecule has 170 valence electrons. The van der Waals surface area contributed by atoms with Crippen LogP contribution in [0, 0.1) is 19.7 Å². The Balaban J connectivity index is 1.55. The first-order chi connectivity index (χ1) is 15.8. The van der Waals surface area contributed by atoms with Crippen molar-refractivity contribution in [1.29, 1.82) is 0 Å². The lowest BCUT2D eigenvalue weighted by Gasteiger charge is -2.15. The number of pyridine rings is 1. The summed E-state index contributed by atoms with van der Waals surface area (Å²) in [6.45, 7) is 3.66. The van der Waals surface area contributed by atoms with Crippen molar-refractivity contribution in [3.63, 3.8) is 0 Å². The number of nitrogens with one attached hydrogen (secondary N) is 1. The number of aromatic nitrogens is 3. The van der Waals surface area contributed by atoms with Crippen LogP contribution in [0.15, 0.2) is 48.7 Å². The molecule has 9 heteroatoms. The smallest absolute Gasteiger partial charge is 0.254 e. The Hall–Kier alpha value is -3.49. The van der Waals surface area contributed by atoms with Gasteiger partial charge in [0.05, 0.1) is 11.7 Å². The van der Waals surface area contributed by atoms with E-state index < -0.39 is 17.8 Å². The van der Waals surface area contributed by atoms with Crippen LogP contribution in [0.5, 0.6) is 0 Å². The molecule has 7 nitrogen and oxygen atoms in total. The number of aliphatic hydroxyl groups excluding tert-OH is 1. The lowest BCUT2D eigenvalue weighted by Crippen LogP contribution is -2.27. The number of nitrogens with two attached hydrogens (primary N) is 1. The largest absolute Gasteiger partial charge is 0.388 e. The van der Waals surface area contributed by atoms with E-state index in [4.69, 9.17) is 17.3 Å². The molecule has 33 heavy (non-hydrogen) atoms. The zero-order valence-corrected chi connectivity index (χ0v) is 18.9. The van der Waals surface area contributed by atoms with Crippen LogP contribution in [0.3, 0.4) is 0 Å². The third kappa shape index (κ3) is 4.53. The molecule has 1 unspecified atom stereocenters. The van der Waals surface area contributed by atoms with E-state index in [0.29, 0.717) is 32.9 Å². The van der Waals surface area contributed by atoms with Gasteiger partial charge in [0.1, 0.15) is 5.82 Å². The Morgan fingerprint density at radius 3 is 2.64 bits per heavy atom. The molecule has 0 aliphatic heterocycles. The van der Waals surface area contributed by atoms with Crippen molar-refractivity contribution in [3.05, 3.63) is 81.8 Å². The second kappa shape index (κ2) is 9.17. The number of halogens is 2. The molecule has 2 aromatic heterocycles. The van der Waals surface area contributed by atoms with E-state index in [1.807, 2.05) is 0 Å². The molecule has 0 spiro atoms. The maximum absolute atomic E-state index is 15.6. The SMILES string of the molecule is Cc1ccc(-c2ccn3nc(N)nc3c2C)c(F)c1C(=O)NCCC(O)c1ccc(Cl)cc1. The molecule has 1 atom stereocenters. The lowest BCUT2D eigenvalue weighted by molar-refractivity contribution is 0.0938. The highest BCUT2D eigenvalue weighted by Gasteiger charge is 2.21. The molecule has 0 bridgehead atoms. The summed E-state index contributed by atoms with van der Waals surface area (Å²) in [7, 11) is 0. The Morgan fingerprint density at radius 2 is 1.91 bits per heavy atom. The first-order valence-electron chi connectivity index (χ1n) is 10.4. The number of aryl methyl sites for hydroxylation is 2. The number of rotatable bonds is 6. The summed E-state index contributed by atoms with van der Waals surface area (Å²) in [5.74, 6) is -1.04. The normalized spacial score (nSPS) is 12.2. The summed E-state index contributed by atoms with van der Waals surface area (Å²) in [5.41, 5.74) is 8.95. The van der Waals surface area contributed by atoms with Crippen molar-refractivity contribution in [2.75, 3.05) is 12.3 Å². The van der Waals surface area contributed by atoms with Crippen LogP contribution in [-0.4, -0.2) is 32.2 Å². The number of nitrogen functional groups attached to an aromatic ring is 1. The zero-order chi connectivity index (χ0) is 23.7. The molecule has 0 saturated carbocycles. The predicted molar refractivity (Wildman–Crippen MR) is 126 cm³/mol. The molecule has 4 aromatic rings. The summed E-state index contributed by atoms with van der Waals surface area (Å²) >= 11 is 5.87. The molecule has 2 heterocycles. The first-order valence-corrected chi connectivity index (χ1v) is 10.8. The molecule has 0 radical (unpaired) electrons. The van der Waals surface area contributed by atoms with Crippen molar-refractivity contribution >= 4 is 29.1 Å². The highest BCUT2D eigenvalue weighted by atomic mass is 35.5. The van der Waals surface area contributed by atoms with E-state index in [1.54, 1.807) is 62.5 Å². The molecular weight excluding hydrogens is 445 g/mol. The standard InChI is InChI=1S/C24H23ClFN5O2/c1-13-3-8-18(17-10-12-31-22(14(17)2)29-24(27)30-31)21(26)20(13)23(33)28-11-9-19(32)15-4-6-16(25)7-5-15/h3-8,10,12,19,32H,9,11H2,1-2H3,(H2,27,30)(H,28,33). The number of anilines is 1. The zero-order valence-electron chi connectivity index (χ0n) is 18.1. The average Bonchev–Trinajstić information content (AvgIpc) is 3.16. The van der Waals surface area contributed by atoms with Gasteiger partial charge in [0.15, 0.2) is 5.65 Å². The molecule has 0 fully saturated rings. The number of amides is 1. The fraction of sp³-hybridized carbons (Fsp3) is 0.208. The van der Waals surface area contributed by atoms with E-state index in [1.165, 1.54) is 4.52 Å². The van der Waals surface area contributed by atoms with E-state index in [0.717, 1.165) is 0 Å². The van der Waals surface area contributed by atoms with Crippen LogP contribution < -0.4 is 11.1 Å². The number of aliphatic hydroxyl groups is 1. The van der Waals surface area contributed by atoms with Crippen molar-refractivity contribution in [3.8, 4) is 11.1 Å². The third-order valence-electron chi connectivity index (χ3n) is 5.60. The van der Waals surface area contributed by atoms with Gasteiger partial charge >= 0.3 is 0 Å². The number of hydrogen-bond donors (Lipinski definition) is 3. The fourth-order valence-corrected chi connectivity index (χ4v) is 3.93. The van der Waals surface area contributed by atoms with Crippen molar-refractivity contribution in [2.45, 2.75) is 26.4 Å². The van der Waals surface area contributed by atoms with Gasteiger partial charge in [-0.05, 0) is 55.2 Å². The van der Waals surface area contributed by atoms with Crippen LogP contribution in [0.4, 0.5) is 10.3 Å². The summed E-state index contributed by atoms with van der Waals surface area (Å²) in [6, 6.07) is 11.9. The van der Waals surface area contributed by atoms with Gasteiger partial charge in [0, 0.05) is 28.9 Å². The highest BCUT2D eigenvalue weighted by molar-refractivity contribution is 6.30. The summed E-state index contributed by atoms with van der Waals surface area (Å²) in [5, 5.41) is 17.7. The molecule has 0 aliphatic carbocycles. The summed E-state index contributed by atoms with van der Waals surface area (Å²) in [4.78, 5) is 17.0. The third-order valence-corrected chi connectivity index (χ3v) is 5.85. The van der Waals surface area contributed by atoms with Crippen molar-refractivity contribution in [1.82, 2.24) is 19.9 Å². The molecule has 1 amide bonds. The van der Waals surface area contributed by atoms with Gasteiger partial charge in [0.2, 0.25) is 5.95 Å². The van der Waals surface area contributed by atoms with Crippen LogP contribution >= 0.6 is 11.6 Å². The van der Waals surface area contributed by atoms with Gasteiger partial charge in [0.25, 0.3) is 5.91 Å². The van der Waals surface area contributed by atoms with Gasteiger partial charge in [-0.3, -0.25) is 4.79 Å². The molecule has 0 saturated heterocycles. The maximum Gasteiger partial charge on any atom is 0.254 e. The number of carbonyl (C=O) groups is 1. The van der Waals surface area contributed by atoms with Crippen LogP contribution in [0.2, 0.25) is 5.02 Å². The first kappa shape index (κ1) is 22.7. The van der Waals surface area contributed by atoms with Gasteiger partial charge < -0.3 is 16.2 Å². The Kier molecular flexibility index (Phi) is 6.31. The maximum atomic E-state index is 15.6. The fourth-order valence-electron chi connectivity index (χ4n) is 3.80. The molecule has 4 N–H and O–H groups in total. The minimum absolute atomic E-state index is 0.0336. The van der Waals surface area contributed by atoms with E-state index in [9.17, 15) is 9.90 Å². The van der Waals surface area contributed by atoms with Crippen molar-refractivity contribution in [2.24, 2.45) is 0 Å². The van der Waals surface area contributed by atoms with E-state index >= 15 is 4.39 Å². The predicted octanol–water partition coefficient (Wildman–Crippen LogP) is 4.24. The summed E-state index contributed by atoms with van der Waals surface area (Å²) in [6.07, 6.45) is 1.15. The van der Waals surface area contributed by atoms with Gasteiger partial charge in [-0.25, -0.2) is 8.91 Å². The van der Waals surface area contributed by atoms with Crippen LogP contribution in [0.25, 0.3) is 16.8 Å². The van der Waals surface area contributed by atoms with Crippen LogP contribution in [0.1, 0.15) is 39.6 Å². The Bertz CT molecular complexity index is 1340. The minimum Gasteiger partial charge on any atom is -0.388 e. The monoisotopic (exact) mass is 467 g/mol. The minimum atomic E-state index is -0.773. The number of carbonyl (C=O) groups excluding carboxylic acids is 1. The van der Waals surface area contributed by atoms with E-state index in [-0.39, 0.29) is 30.0 Å². The van der Waals surface area contributed by atoms with E-state index in [2.05, 4.69) is 15.4 Å². The molecule has 4 rings (SSSR count). The molecular formula is C24H23ClFN5O2. The van der Waals surface area contributed by atoms with Gasteiger partial charge in [-0.2, -0.15) is 4.98 Å². The number of hydrogen-bond acceptors (Lipinski definition) is 5. The quantitative estimate of drug-likeness (QED) is 0.393. The molecule has 2 aromatic carbocycles. The number of fused-ring (bicyclic) bond motifs is 1. The Morgan fingerprint density at radius 1 is 1.18 bits per heavy atom. The Labute approximate surface area is 195 Å². The second-order valence-electron chi connectivity index (χ2n) is 7.82. The molecule has 0 aliphatic rings. The lowest BCUT2D eigenvalue weighted by atomic mass is 9.96. The number of nitrogens with zero attached hydrogens (tertiary/aromatic N) is 3. The van der Waals surface area contributed by atoms with Gasteiger partial charge in [-0.1, -0.05) is 35.9 Å². The summed E-state index contributed by atoms with van der Waals surface area (Å²) < 4.78 is 17.1. The second-order valence-corrected chi connectivity index (χ2v) is 8.26. The highest BCUT2D eigenvalue weighted by Crippen LogP contribution is 2.31. The number of benzene rings is 2. The van der Waals surface area contributed by atoms with Crippen molar-refractivity contribution < 1.29 is 14.3 Å². The van der Waals surface area contributed by atoms with Crippen LogP contribution in [-0.2, 0) is 0 Å². The van der Waals surface area contributed by atoms with Gasteiger partial charge in [-0.15, -0.1) is 5.10 Å². The average molecular weight is 468 g/mol.